The Balaban J connectivity index is 0.00000193. The minimum atomic E-state index is -3.48. The molecule has 4 rings (SSSR count). The third kappa shape index (κ3) is 6.97. The van der Waals surface area contributed by atoms with E-state index in [2.05, 4.69) is 33.5 Å². The maximum atomic E-state index is 13.1. The smallest absolute Gasteiger partial charge is 0.243 e. The SMILES string of the molecule is CC(C)N1CCN(c2ccc(-c3cccc(S(=O)(=O)N4CCN(C)CC4)c3)cn2)CC1.Cl.Cl.Cl. The van der Waals surface area contributed by atoms with E-state index in [-0.39, 0.29) is 37.2 Å². The fraction of sp³-hybridized carbons (Fsp3) is 0.522. The molecule has 2 aromatic rings. The average molecular weight is 553 g/mol. The van der Waals surface area contributed by atoms with Crippen molar-refractivity contribution in [1.29, 1.82) is 0 Å². The summed E-state index contributed by atoms with van der Waals surface area (Å²) in [6.07, 6.45) is 1.85. The zero-order chi connectivity index (χ0) is 22.0. The third-order valence-electron chi connectivity index (χ3n) is 6.38. The van der Waals surface area contributed by atoms with Gasteiger partial charge in [-0.2, -0.15) is 4.31 Å². The first-order chi connectivity index (χ1) is 14.8. The van der Waals surface area contributed by atoms with Crippen molar-refractivity contribution in [3.8, 4) is 11.1 Å². The summed E-state index contributed by atoms with van der Waals surface area (Å²) in [6, 6.07) is 11.9. The van der Waals surface area contributed by atoms with Gasteiger partial charge in [0.2, 0.25) is 10.0 Å². The number of hydrogen-bond donors (Lipinski definition) is 0. The molecule has 2 saturated heterocycles. The number of aromatic nitrogens is 1. The number of nitrogens with zero attached hydrogens (tertiary/aromatic N) is 5. The molecule has 3 heterocycles. The molecule has 0 N–H and O–H groups in total. The number of hydrogen-bond acceptors (Lipinski definition) is 6. The lowest BCUT2D eigenvalue weighted by Gasteiger charge is -2.37. The van der Waals surface area contributed by atoms with Crippen LogP contribution in [0.3, 0.4) is 0 Å². The average Bonchev–Trinajstić information content (AvgIpc) is 2.80. The first-order valence-electron chi connectivity index (χ1n) is 11.1. The topological polar surface area (TPSA) is 60.0 Å². The van der Waals surface area contributed by atoms with E-state index in [0.29, 0.717) is 24.0 Å². The van der Waals surface area contributed by atoms with E-state index in [1.807, 2.05) is 37.5 Å². The van der Waals surface area contributed by atoms with Gasteiger partial charge in [-0.15, -0.1) is 37.2 Å². The van der Waals surface area contributed by atoms with Gasteiger partial charge in [-0.05, 0) is 50.7 Å². The van der Waals surface area contributed by atoms with Crippen molar-refractivity contribution in [3.63, 3.8) is 0 Å². The highest BCUT2D eigenvalue weighted by Crippen LogP contribution is 2.26. The van der Waals surface area contributed by atoms with Crippen LogP contribution in [0.1, 0.15) is 13.8 Å². The van der Waals surface area contributed by atoms with Crippen LogP contribution in [0.15, 0.2) is 47.5 Å². The Morgan fingerprint density at radius 3 is 2.03 bits per heavy atom. The van der Waals surface area contributed by atoms with Gasteiger partial charge >= 0.3 is 0 Å². The third-order valence-corrected chi connectivity index (χ3v) is 8.28. The van der Waals surface area contributed by atoms with Crippen LogP contribution in [-0.4, -0.2) is 93.0 Å². The van der Waals surface area contributed by atoms with E-state index >= 15 is 0 Å². The highest BCUT2D eigenvalue weighted by molar-refractivity contribution is 7.89. The van der Waals surface area contributed by atoms with Crippen molar-refractivity contribution in [2.45, 2.75) is 24.8 Å². The van der Waals surface area contributed by atoms with Gasteiger partial charge in [0.15, 0.2) is 0 Å². The highest BCUT2D eigenvalue weighted by atomic mass is 35.5. The maximum Gasteiger partial charge on any atom is 0.243 e. The van der Waals surface area contributed by atoms with Gasteiger partial charge in [0.1, 0.15) is 5.82 Å². The van der Waals surface area contributed by atoms with E-state index < -0.39 is 10.0 Å². The number of benzene rings is 1. The maximum absolute atomic E-state index is 13.1. The highest BCUT2D eigenvalue weighted by Gasteiger charge is 2.27. The van der Waals surface area contributed by atoms with Crippen molar-refractivity contribution in [3.05, 3.63) is 42.6 Å². The minimum absolute atomic E-state index is 0. The minimum Gasteiger partial charge on any atom is -0.354 e. The molecule has 2 aliphatic heterocycles. The Kier molecular flexibility index (Phi) is 12.0. The van der Waals surface area contributed by atoms with Crippen LogP contribution in [0.4, 0.5) is 5.82 Å². The monoisotopic (exact) mass is 551 g/mol. The largest absolute Gasteiger partial charge is 0.354 e. The number of rotatable bonds is 5. The van der Waals surface area contributed by atoms with Gasteiger partial charge in [0, 0.05) is 70.2 Å². The van der Waals surface area contributed by atoms with E-state index in [9.17, 15) is 8.42 Å². The molecule has 7 nitrogen and oxygen atoms in total. The fourth-order valence-electron chi connectivity index (χ4n) is 4.22. The molecule has 1 aromatic carbocycles. The van der Waals surface area contributed by atoms with Crippen LogP contribution in [0.5, 0.6) is 0 Å². The lowest BCUT2D eigenvalue weighted by molar-refractivity contribution is 0.209. The number of pyridine rings is 1. The Bertz CT molecular complexity index is 992. The van der Waals surface area contributed by atoms with Crippen LogP contribution in [0.2, 0.25) is 0 Å². The summed E-state index contributed by atoms with van der Waals surface area (Å²) in [5.74, 6) is 0.980. The molecule has 11 heteroatoms. The Labute approximate surface area is 222 Å². The zero-order valence-electron chi connectivity index (χ0n) is 20.0. The summed E-state index contributed by atoms with van der Waals surface area (Å²) in [7, 11) is -1.46. The Hall–Kier alpha value is -1.13. The predicted molar refractivity (Wildman–Crippen MR) is 147 cm³/mol. The molecule has 0 bridgehead atoms. The second-order valence-corrected chi connectivity index (χ2v) is 10.7. The van der Waals surface area contributed by atoms with Gasteiger partial charge in [-0.1, -0.05) is 12.1 Å². The van der Waals surface area contributed by atoms with Gasteiger partial charge < -0.3 is 9.80 Å². The van der Waals surface area contributed by atoms with Gasteiger partial charge in [-0.3, -0.25) is 4.90 Å². The molecular weight excluding hydrogens is 517 g/mol. The van der Waals surface area contributed by atoms with Crippen LogP contribution in [-0.2, 0) is 10.0 Å². The quantitative estimate of drug-likeness (QED) is 0.566. The van der Waals surface area contributed by atoms with Gasteiger partial charge in [0.05, 0.1) is 4.90 Å². The Morgan fingerprint density at radius 2 is 1.47 bits per heavy atom. The van der Waals surface area contributed by atoms with E-state index in [4.69, 9.17) is 0 Å². The molecule has 0 spiro atoms. The molecule has 1 aromatic heterocycles. The van der Waals surface area contributed by atoms with Gasteiger partial charge in [0.25, 0.3) is 0 Å². The van der Waals surface area contributed by atoms with Crippen molar-refractivity contribution < 1.29 is 8.42 Å². The summed E-state index contributed by atoms with van der Waals surface area (Å²) in [6.45, 7) is 11.1. The lowest BCUT2D eigenvalue weighted by atomic mass is 10.1. The molecule has 0 amide bonds. The summed E-state index contributed by atoms with van der Waals surface area (Å²) < 4.78 is 27.8. The van der Waals surface area contributed by atoms with Crippen LogP contribution >= 0.6 is 37.2 Å². The molecular formula is C23H36Cl3N5O2S. The number of halogens is 3. The molecule has 0 radical (unpaired) electrons. The molecule has 0 atom stereocenters. The number of anilines is 1. The predicted octanol–water partition coefficient (Wildman–Crippen LogP) is 3.48. The molecule has 2 fully saturated rings. The lowest BCUT2D eigenvalue weighted by Crippen LogP contribution is -2.49. The molecule has 0 aliphatic carbocycles. The van der Waals surface area contributed by atoms with E-state index in [1.165, 1.54) is 0 Å². The summed E-state index contributed by atoms with van der Waals surface area (Å²) in [5.41, 5.74) is 1.80. The number of likely N-dealkylation sites (N-methyl/N-ethyl adjacent to an activating group) is 1. The van der Waals surface area contributed by atoms with E-state index in [0.717, 1.165) is 56.2 Å². The second-order valence-electron chi connectivity index (χ2n) is 8.76. The summed E-state index contributed by atoms with van der Waals surface area (Å²) >= 11 is 0. The summed E-state index contributed by atoms with van der Waals surface area (Å²) in [5, 5.41) is 0. The standard InChI is InChI=1S/C23H33N5O2S.3ClH/c1-19(2)26-11-13-27(14-12-26)23-8-7-21(18-24-23)20-5-4-6-22(17-20)31(29,30)28-15-9-25(3)10-16-28;;;/h4-8,17-19H,9-16H2,1-3H3;3*1H. The molecule has 34 heavy (non-hydrogen) atoms. The molecule has 192 valence electrons. The van der Waals surface area contributed by atoms with Crippen molar-refractivity contribution in [1.82, 2.24) is 19.1 Å². The summed E-state index contributed by atoms with van der Waals surface area (Å²) in [4.78, 5) is 12.0. The first kappa shape index (κ1) is 30.9. The van der Waals surface area contributed by atoms with Crippen molar-refractivity contribution >= 4 is 53.1 Å². The molecule has 0 saturated carbocycles. The number of piperazine rings is 2. The fourth-order valence-corrected chi connectivity index (χ4v) is 5.69. The molecule has 2 aliphatic rings. The second kappa shape index (κ2) is 13.3. The Morgan fingerprint density at radius 1 is 0.824 bits per heavy atom. The van der Waals surface area contributed by atoms with Crippen LogP contribution in [0.25, 0.3) is 11.1 Å². The zero-order valence-corrected chi connectivity index (χ0v) is 23.2. The van der Waals surface area contributed by atoms with Gasteiger partial charge in [-0.25, -0.2) is 13.4 Å². The van der Waals surface area contributed by atoms with Crippen LogP contribution in [0, 0.1) is 0 Å². The first-order valence-corrected chi connectivity index (χ1v) is 12.5. The number of sulfonamides is 1. The van der Waals surface area contributed by atoms with Crippen LogP contribution < -0.4 is 4.90 Å². The normalized spacial score (nSPS) is 18.1. The van der Waals surface area contributed by atoms with Crippen molar-refractivity contribution in [2.24, 2.45) is 0 Å². The molecule has 0 unspecified atom stereocenters. The van der Waals surface area contributed by atoms with Crippen molar-refractivity contribution in [2.75, 3.05) is 64.3 Å². The van der Waals surface area contributed by atoms with E-state index in [1.54, 1.807) is 16.4 Å².